The number of nitrogens with zero attached hydrogens (tertiary/aromatic N) is 5. The summed E-state index contributed by atoms with van der Waals surface area (Å²) in [4.78, 5) is 18.3. The molecule has 0 radical (unpaired) electrons. The molecule has 1 amide bonds. The monoisotopic (exact) mass is 401 g/mol. The van der Waals surface area contributed by atoms with Crippen molar-refractivity contribution in [1.82, 2.24) is 24.6 Å². The van der Waals surface area contributed by atoms with Crippen molar-refractivity contribution >= 4 is 17.1 Å². The molecule has 0 N–H and O–H groups in total. The molecular weight excluding hydrogens is 381 g/mol. The molecule has 30 heavy (non-hydrogen) atoms. The van der Waals surface area contributed by atoms with Crippen LogP contribution in [0.5, 0.6) is 0 Å². The molecule has 0 bridgehead atoms. The smallest absolute Gasteiger partial charge is 0.254 e. The minimum Gasteiger partial charge on any atom is -0.337 e. The van der Waals surface area contributed by atoms with Gasteiger partial charge in [-0.25, -0.2) is 9.37 Å². The summed E-state index contributed by atoms with van der Waals surface area (Å²) in [6.45, 7) is 4.65. The van der Waals surface area contributed by atoms with Gasteiger partial charge >= 0.3 is 0 Å². The van der Waals surface area contributed by atoms with Crippen LogP contribution in [0.4, 0.5) is 4.39 Å². The molecule has 4 aromatic rings. The Morgan fingerprint density at radius 3 is 2.60 bits per heavy atom. The van der Waals surface area contributed by atoms with E-state index in [9.17, 15) is 9.18 Å². The first-order chi connectivity index (χ1) is 14.4. The van der Waals surface area contributed by atoms with Gasteiger partial charge in [0.1, 0.15) is 11.3 Å². The predicted octanol–water partition coefficient (Wildman–Crippen LogP) is 4.47. The summed E-state index contributed by atoms with van der Waals surface area (Å²) in [5, 5.41) is 8.39. The molecule has 0 unspecified atom stereocenters. The number of halogens is 1. The molecule has 2 aromatic heterocycles. The minimum atomic E-state index is -0.317. The van der Waals surface area contributed by atoms with Crippen LogP contribution in [0.2, 0.25) is 0 Å². The Morgan fingerprint density at radius 2 is 1.80 bits per heavy atom. The summed E-state index contributed by atoms with van der Waals surface area (Å²) < 4.78 is 16.7. The van der Waals surface area contributed by atoms with Gasteiger partial charge in [0.15, 0.2) is 5.65 Å². The number of hydrogen-bond acceptors (Lipinski definition) is 4. The highest BCUT2D eigenvalue weighted by molar-refractivity contribution is 5.99. The van der Waals surface area contributed by atoms with Crippen molar-refractivity contribution in [3.8, 4) is 22.3 Å². The molecule has 0 spiro atoms. The van der Waals surface area contributed by atoms with Gasteiger partial charge in [0.2, 0.25) is 0 Å². The first-order valence-electron chi connectivity index (χ1n) is 9.81. The SMILES string of the molecule is CC(C)n1cnc2c(-c3ccc(F)c(-c4ccc5c(c4)CN(C)C5=O)c3)cnnc21. The Balaban J connectivity index is 1.63. The third kappa shape index (κ3) is 2.77. The zero-order chi connectivity index (χ0) is 21.0. The Hall–Kier alpha value is -3.61. The van der Waals surface area contributed by atoms with Gasteiger partial charge in [0.05, 0.1) is 12.5 Å². The summed E-state index contributed by atoms with van der Waals surface area (Å²) in [5.74, 6) is -0.320. The fourth-order valence-electron chi connectivity index (χ4n) is 3.98. The highest BCUT2D eigenvalue weighted by atomic mass is 19.1. The normalized spacial score (nSPS) is 13.5. The van der Waals surface area contributed by atoms with Gasteiger partial charge in [-0.3, -0.25) is 4.79 Å². The van der Waals surface area contributed by atoms with Gasteiger partial charge in [-0.05, 0) is 54.8 Å². The van der Waals surface area contributed by atoms with E-state index in [0.29, 0.717) is 23.3 Å². The molecule has 0 saturated carbocycles. The molecular formula is C23H20FN5O. The molecule has 1 aliphatic heterocycles. The molecule has 5 rings (SSSR count). The molecule has 0 fully saturated rings. The Bertz CT molecular complexity index is 1310. The fourth-order valence-corrected chi connectivity index (χ4v) is 3.98. The number of amides is 1. The summed E-state index contributed by atoms with van der Waals surface area (Å²) in [5.41, 5.74) is 5.86. The second-order valence-electron chi connectivity index (χ2n) is 7.90. The third-order valence-electron chi connectivity index (χ3n) is 5.60. The van der Waals surface area contributed by atoms with Crippen LogP contribution in [0.3, 0.4) is 0 Å². The van der Waals surface area contributed by atoms with Gasteiger partial charge in [-0.2, -0.15) is 5.10 Å². The zero-order valence-corrected chi connectivity index (χ0v) is 16.9. The molecule has 2 aromatic carbocycles. The van der Waals surface area contributed by atoms with Crippen molar-refractivity contribution in [2.24, 2.45) is 0 Å². The van der Waals surface area contributed by atoms with Crippen molar-refractivity contribution in [3.05, 3.63) is 65.9 Å². The highest BCUT2D eigenvalue weighted by Gasteiger charge is 2.25. The number of carbonyl (C=O) groups is 1. The molecule has 0 aliphatic carbocycles. The van der Waals surface area contributed by atoms with E-state index in [2.05, 4.69) is 29.0 Å². The Kier molecular flexibility index (Phi) is 4.13. The molecule has 0 atom stereocenters. The van der Waals surface area contributed by atoms with Gasteiger partial charge in [-0.15, -0.1) is 5.10 Å². The molecule has 150 valence electrons. The van der Waals surface area contributed by atoms with Crippen LogP contribution in [-0.4, -0.2) is 37.6 Å². The molecule has 7 heteroatoms. The van der Waals surface area contributed by atoms with Crippen LogP contribution in [0.25, 0.3) is 33.4 Å². The second kappa shape index (κ2) is 6.73. The van der Waals surface area contributed by atoms with Crippen LogP contribution >= 0.6 is 0 Å². The average molecular weight is 401 g/mol. The molecule has 1 aliphatic rings. The van der Waals surface area contributed by atoms with Crippen molar-refractivity contribution in [3.63, 3.8) is 0 Å². The predicted molar refractivity (Wildman–Crippen MR) is 112 cm³/mol. The molecule has 3 heterocycles. The van der Waals surface area contributed by atoms with Crippen LogP contribution in [-0.2, 0) is 6.54 Å². The Morgan fingerprint density at radius 1 is 1.03 bits per heavy atom. The van der Waals surface area contributed by atoms with Crippen molar-refractivity contribution in [1.29, 1.82) is 0 Å². The maximum atomic E-state index is 14.8. The van der Waals surface area contributed by atoms with E-state index in [1.165, 1.54) is 6.07 Å². The van der Waals surface area contributed by atoms with E-state index in [-0.39, 0.29) is 17.8 Å². The maximum absolute atomic E-state index is 14.8. The number of hydrogen-bond donors (Lipinski definition) is 0. The van der Waals surface area contributed by atoms with E-state index in [1.807, 2.05) is 16.7 Å². The number of fused-ring (bicyclic) bond motifs is 2. The van der Waals surface area contributed by atoms with Gasteiger partial charge in [-0.1, -0.05) is 12.1 Å². The van der Waals surface area contributed by atoms with E-state index in [0.717, 1.165) is 27.8 Å². The van der Waals surface area contributed by atoms with E-state index < -0.39 is 0 Å². The van der Waals surface area contributed by atoms with Crippen LogP contribution in [0, 0.1) is 5.82 Å². The fraction of sp³-hybridized carbons (Fsp3) is 0.217. The van der Waals surface area contributed by atoms with Gasteiger partial charge in [0, 0.05) is 36.3 Å². The van der Waals surface area contributed by atoms with Crippen LogP contribution < -0.4 is 0 Å². The number of benzene rings is 2. The van der Waals surface area contributed by atoms with E-state index in [4.69, 9.17) is 0 Å². The molecule has 0 saturated heterocycles. The maximum Gasteiger partial charge on any atom is 0.254 e. The van der Waals surface area contributed by atoms with Gasteiger partial charge < -0.3 is 9.47 Å². The lowest BCUT2D eigenvalue weighted by Crippen LogP contribution is -2.17. The lowest BCUT2D eigenvalue weighted by atomic mass is 9.96. The highest BCUT2D eigenvalue weighted by Crippen LogP contribution is 2.34. The lowest BCUT2D eigenvalue weighted by Gasteiger charge is -2.10. The summed E-state index contributed by atoms with van der Waals surface area (Å²) in [7, 11) is 1.77. The summed E-state index contributed by atoms with van der Waals surface area (Å²) in [6.07, 6.45) is 3.42. The average Bonchev–Trinajstić information content (AvgIpc) is 3.29. The van der Waals surface area contributed by atoms with Crippen LogP contribution in [0.1, 0.15) is 35.8 Å². The first kappa shape index (κ1) is 18.4. The van der Waals surface area contributed by atoms with E-state index in [1.54, 1.807) is 42.7 Å². The molecule has 6 nitrogen and oxygen atoms in total. The largest absolute Gasteiger partial charge is 0.337 e. The van der Waals surface area contributed by atoms with E-state index >= 15 is 0 Å². The lowest BCUT2D eigenvalue weighted by molar-refractivity contribution is 0.0816. The number of rotatable bonds is 3. The minimum absolute atomic E-state index is 0.00300. The Labute approximate surface area is 173 Å². The summed E-state index contributed by atoms with van der Waals surface area (Å²) >= 11 is 0. The topological polar surface area (TPSA) is 63.9 Å². The van der Waals surface area contributed by atoms with Crippen molar-refractivity contribution in [2.75, 3.05) is 7.05 Å². The first-order valence-corrected chi connectivity index (χ1v) is 9.81. The second-order valence-corrected chi connectivity index (χ2v) is 7.90. The number of carbonyl (C=O) groups excluding carboxylic acids is 1. The summed E-state index contributed by atoms with van der Waals surface area (Å²) in [6, 6.07) is 10.7. The van der Waals surface area contributed by atoms with Crippen molar-refractivity contribution < 1.29 is 9.18 Å². The standard InChI is InChI=1S/C23H20FN5O/c1-13(2)29-12-25-21-19(10-26-27-22(21)29)15-5-7-20(24)18(9-15)14-4-6-17-16(8-14)11-28(3)23(17)30/h4-10,12-13H,11H2,1-3H3. The number of imidazole rings is 1. The van der Waals surface area contributed by atoms with Crippen molar-refractivity contribution in [2.45, 2.75) is 26.4 Å². The zero-order valence-electron chi connectivity index (χ0n) is 16.9. The third-order valence-corrected chi connectivity index (χ3v) is 5.60. The van der Waals surface area contributed by atoms with Crippen LogP contribution in [0.15, 0.2) is 48.9 Å². The quantitative estimate of drug-likeness (QED) is 0.508. The number of aromatic nitrogens is 4. The van der Waals surface area contributed by atoms with Gasteiger partial charge in [0.25, 0.3) is 5.91 Å².